The number of nitrogens with zero attached hydrogens (tertiary/aromatic N) is 5. The number of hydrogen-bond acceptors (Lipinski definition) is 3. The Morgan fingerprint density at radius 1 is 0.385 bits per heavy atom. The number of nitriles is 1. The predicted octanol–water partition coefficient (Wildman–Crippen LogP) is 11.5. The summed E-state index contributed by atoms with van der Waals surface area (Å²) in [6, 6.07) is 63.2. The van der Waals surface area contributed by atoms with Crippen LogP contribution >= 0.6 is 0 Å². The molecular formula is C47H29N5. The van der Waals surface area contributed by atoms with E-state index in [9.17, 15) is 5.26 Å². The van der Waals surface area contributed by atoms with Crippen molar-refractivity contribution in [1.29, 1.82) is 5.26 Å². The Kier molecular flexibility index (Phi) is 6.80. The first-order chi connectivity index (χ1) is 25.8. The van der Waals surface area contributed by atoms with E-state index in [0.29, 0.717) is 22.8 Å². The first kappa shape index (κ1) is 29.6. The van der Waals surface area contributed by atoms with Gasteiger partial charge in [-0.05, 0) is 60.7 Å². The van der Waals surface area contributed by atoms with Crippen LogP contribution in [0.3, 0.4) is 0 Å². The van der Waals surface area contributed by atoms with E-state index in [2.05, 4.69) is 130 Å². The quantitative estimate of drug-likeness (QED) is 0.184. The normalized spacial score (nSPS) is 11.4. The lowest BCUT2D eigenvalue weighted by molar-refractivity contribution is 1.16. The van der Waals surface area contributed by atoms with Crippen LogP contribution in [0.5, 0.6) is 0 Å². The van der Waals surface area contributed by atoms with Gasteiger partial charge in [-0.3, -0.25) is 0 Å². The summed E-state index contributed by atoms with van der Waals surface area (Å²) in [7, 11) is 0. The molecule has 7 aromatic carbocycles. The van der Waals surface area contributed by atoms with Gasteiger partial charge in [0.15, 0.2) is 5.82 Å². The fourth-order valence-corrected chi connectivity index (χ4v) is 7.64. The van der Waals surface area contributed by atoms with Gasteiger partial charge in [-0.1, -0.05) is 115 Å². The van der Waals surface area contributed by atoms with Gasteiger partial charge in [-0.25, -0.2) is 9.97 Å². The summed E-state index contributed by atoms with van der Waals surface area (Å²) in [6.07, 6.45) is 0. The Bertz CT molecular complexity index is 2930. The molecule has 0 aliphatic rings. The molecule has 3 heterocycles. The van der Waals surface area contributed by atoms with Crippen molar-refractivity contribution in [3.05, 3.63) is 181 Å². The first-order valence-corrected chi connectivity index (χ1v) is 17.3. The molecule has 0 atom stereocenters. The largest absolute Gasteiger partial charge is 0.309 e. The third-order valence-corrected chi connectivity index (χ3v) is 9.96. The van der Waals surface area contributed by atoms with Gasteiger partial charge in [0, 0.05) is 49.6 Å². The average Bonchev–Trinajstić information content (AvgIpc) is 3.72. The van der Waals surface area contributed by atoms with Gasteiger partial charge in [-0.2, -0.15) is 5.26 Å². The second kappa shape index (κ2) is 11.9. The maximum Gasteiger partial charge on any atom is 0.160 e. The summed E-state index contributed by atoms with van der Waals surface area (Å²) in [6.45, 7) is 0. The molecule has 0 spiro atoms. The van der Waals surface area contributed by atoms with Gasteiger partial charge in [0.2, 0.25) is 0 Å². The van der Waals surface area contributed by atoms with E-state index in [4.69, 9.17) is 9.97 Å². The molecule has 10 rings (SSSR count). The van der Waals surface area contributed by atoms with Gasteiger partial charge >= 0.3 is 0 Å². The molecule has 0 fully saturated rings. The summed E-state index contributed by atoms with van der Waals surface area (Å²) in [4.78, 5) is 10.2. The standard InChI is InChI=1S/C47H29N5/c48-30-40-45(31-15-5-1-6-16-31)49-47(50-46(40)32-17-7-2-8-18-32)33-25-26-42-37(27-33)39-29-43-38(28-44(39)52(42)35-21-11-4-12-22-35)36-23-13-14-24-41(36)51(43)34-19-9-3-10-20-34/h1-29H. The van der Waals surface area contributed by atoms with E-state index in [1.54, 1.807) is 0 Å². The molecule has 0 saturated heterocycles. The van der Waals surface area contributed by atoms with E-state index in [1.165, 1.54) is 16.3 Å². The maximum absolute atomic E-state index is 10.5. The minimum Gasteiger partial charge on any atom is -0.309 e. The van der Waals surface area contributed by atoms with Crippen LogP contribution in [-0.4, -0.2) is 19.1 Å². The van der Waals surface area contributed by atoms with Crippen LogP contribution in [0, 0.1) is 11.3 Å². The molecule has 52 heavy (non-hydrogen) atoms. The zero-order valence-corrected chi connectivity index (χ0v) is 28.0. The third-order valence-electron chi connectivity index (χ3n) is 9.96. The molecule has 10 aromatic rings. The minimum absolute atomic E-state index is 0.457. The molecular weight excluding hydrogens is 635 g/mol. The van der Waals surface area contributed by atoms with Crippen LogP contribution < -0.4 is 0 Å². The number of aromatic nitrogens is 4. The molecule has 0 radical (unpaired) electrons. The predicted molar refractivity (Wildman–Crippen MR) is 212 cm³/mol. The molecule has 0 saturated carbocycles. The number of hydrogen-bond donors (Lipinski definition) is 0. The van der Waals surface area contributed by atoms with Crippen molar-refractivity contribution in [2.24, 2.45) is 0 Å². The molecule has 0 bridgehead atoms. The van der Waals surface area contributed by atoms with Crippen molar-refractivity contribution in [3.8, 4) is 51.3 Å². The molecule has 0 aliphatic carbocycles. The summed E-state index contributed by atoms with van der Waals surface area (Å²) >= 11 is 0. The van der Waals surface area contributed by atoms with Crippen molar-refractivity contribution < 1.29 is 0 Å². The van der Waals surface area contributed by atoms with Crippen molar-refractivity contribution in [1.82, 2.24) is 19.1 Å². The van der Waals surface area contributed by atoms with Crippen LogP contribution in [0.15, 0.2) is 176 Å². The molecule has 0 N–H and O–H groups in total. The van der Waals surface area contributed by atoms with Gasteiger partial charge in [0.05, 0.1) is 33.5 Å². The maximum atomic E-state index is 10.5. The summed E-state index contributed by atoms with van der Waals surface area (Å²) < 4.78 is 4.72. The highest BCUT2D eigenvalue weighted by Crippen LogP contribution is 2.41. The molecule has 5 heteroatoms. The van der Waals surface area contributed by atoms with Crippen LogP contribution in [0.25, 0.3) is 88.9 Å². The number of fused-ring (bicyclic) bond motifs is 6. The fourth-order valence-electron chi connectivity index (χ4n) is 7.64. The number of rotatable bonds is 5. The fraction of sp³-hybridized carbons (Fsp3) is 0. The second-order valence-electron chi connectivity index (χ2n) is 12.9. The van der Waals surface area contributed by atoms with Crippen LogP contribution in [0.4, 0.5) is 0 Å². The van der Waals surface area contributed by atoms with Gasteiger partial charge in [0.25, 0.3) is 0 Å². The highest BCUT2D eigenvalue weighted by atomic mass is 15.0. The average molecular weight is 664 g/mol. The lowest BCUT2D eigenvalue weighted by Crippen LogP contribution is -2.01. The molecule has 0 unspecified atom stereocenters. The SMILES string of the molecule is N#Cc1c(-c2ccccc2)nc(-c2ccc3c(c2)c2cc4c(cc2n3-c2ccccc2)c2ccccc2n4-c2ccccc2)nc1-c1ccccc1. The zero-order valence-electron chi connectivity index (χ0n) is 28.0. The Hall–Kier alpha value is -7.29. The van der Waals surface area contributed by atoms with Crippen LogP contribution in [-0.2, 0) is 0 Å². The first-order valence-electron chi connectivity index (χ1n) is 17.3. The molecule has 0 amide bonds. The minimum atomic E-state index is 0.457. The Balaban J connectivity index is 1.29. The molecule has 5 nitrogen and oxygen atoms in total. The van der Waals surface area contributed by atoms with Crippen molar-refractivity contribution in [2.45, 2.75) is 0 Å². The van der Waals surface area contributed by atoms with Crippen molar-refractivity contribution in [2.75, 3.05) is 0 Å². The monoisotopic (exact) mass is 663 g/mol. The van der Waals surface area contributed by atoms with E-state index < -0.39 is 0 Å². The Morgan fingerprint density at radius 2 is 0.827 bits per heavy atom. The lowest BCUT2D eigenvalue weighted by atomic mass is 10.00. The highest BCUT2D eigenvalue weighted by Gasteiger charge is 2.21. The topological polar surface area (TPSA) is 59.4 Å². The summed E-state index contributed by atoms with van der Waals surface area (Å²) in [5.74, 6) is 0.568. The van der Waals surface area contributed by atoms with E-state index >= 15 is 0 Å². The van der Waals surface area contributed by atoms with E-state index in [1.807, 2.05) is 60.7 Å². The smallest absolute Gasteiger partial charge is 0.160 e. The van der Waals surface area contributed by atoms with Gasteiger partial charge in [0.1, 0.15) is 11.6 Å². The Morgan fingerprint density at radius 3 is 1.37 bits per heavy atom. The van der Waals surface area contributed by atoms with Crippen molar-refractivity contribution >= 4 is 43.6 Å². The van der Waals surface area contributed by atoms with Crippen molar-refractivity contribution in [3.63, 3.8) is 0 Å². The zero-order chi connectivity index (χ0) is 34.6. The Labute approximate surface area is 299 Å². The summed E-state index contributed by atoms with van der Waals surface area (Å²) in [5.41, 5.74) is 11.1. The van der Waals surface area contributed by atoms with E-state index in [0.717, 1.165) is 55.4 Å². The molecule has 3 aromatic heterocycles. The third kappa shape index (κ3) is 4.63. The highest BCUT2D eigenvalue weighted by molar-refractivity contribution is 6.19. The second-order valence-corrected chi connectivity index (χ2v) is 12.9. The van der Waals surface area contributed by atoms with Gasteiger partial charge in [-0.15, -0.1) is 0 Å². The molecule has 242 valence electrons. The summed E-state index contributed by atoms with van der Waals surface area (Å²) in [5, 5.41) is 15.1. The lowest BCUT2D eigenvalue weighted by Gasteiger charge is -2.12. The van der Waals surface area contributed by atoms with Crippen LogP contribution in [0.2, 0.25) is 0 Å². The van der Waals surface area contributed by atoms with Gasteiger partial charge < -0.3 is 9.13 Å². The van der Waals surface area contributed by atoms with E-state index in [-0.39, 0.29) is 0 Å². The number of para-hydroxylation sites is 3. The number of benzene rings is 7. The van der Waals surface area contributed by atoms with Crippen LogP contribution in [0.1, 0.15) is 5.56 Å². The molecule has 0 aliphatic heterocycles.